The van der Waals surface area contributed by atoms with Crippen molar-refractivity contribution in [1.29, 1.82) is 0 Å². The van der Waals surface area contributed by atoms with Crippen LogP contribution in [0.4, 0.5) is 5.82 Å². The van der Waals surface area contributed by atoms with Gasteiger partial charge in [0, 0.05) is 19.2 Å². The van der Waals surface area contributed by atoms with Crippen LogP contribution in [-0.4, -0.2) is 35.7 Å². The molecule has 1 saturated heterocycles. The van der Waals surface area contributed by atoms with Crippen molar-refractivity contribution in [1.82, 2.24) is 9.97 Å². The summed E-state index contributed by atoms with van der Waals surface area (Å²) in [4.78, 5) is 10.3. The van der Waals surface area contributed by atoms with Crippen LogP contribution in [0.15, 0.2) is 12.4 Å². The number of hydrogen-bond acceptors (Lipinski definition) is 5. The normalized spacial score (nSPS) is 18.4. The first-order chi connectivity index (χ1) is 7.55. The Morgan fingerprint density at radius 2 is 2.12 bits per heavy atom. The van der Waals surface area contributed by atoms with E-state index < -0.39 is 0 Å². The standard InChI is InChI=1S/C11H18N4O/c1-8(2)11(12)5-15(6-11)9-4-10(16-3)14-7-13-9/h4,7-8H,5-6,12H2,1-3H3. The maximum Gasteiger partial charge on any atom is 0.218 e. The summed E-state index contributed by atoms with van der Waals surface area (Å²) < 4.78 is 5.06. The van der Waals surface area contributed by atoms with E-state index in [0.29, 0.717) is 11.8 Å². The first-order valence-electron chi connectivity index (χ1n) is 5.45. The first-order valence-corrected chi connectivity index (χ1v) is 5.45. The van der Waals surface area contributed by atoms with Crippen molar-refractivity contribution >= 4 is 5.82 Å². The number of hydrogen-bond donors (Lipinski definition) is 1. The van der Waals surface area contributed by atoms with E-state index in [-0.39, 0.29) is 5.54 Å². The highest BCUT2D eigenvalue weighted by Gasteiger charge is 2.42. The van der Waals surface area contributed by atoms with Crippen LogP contribution in [0.2, 0.25) is 0 Å². The second-order valence-corrected chi connectivity index (χ2v) is 4.66. The molecule has 0 aromatic carbocycles. The van der Waals surface area contributed by atoms with Gasteiger partial charge < -0.3 is 15.4 Å². The van der Waals surface area contributed by atoms with E-state index in [1.54, 1.807) is 7.11 Å². The number of anilines is 1. The third kappa shape index (κ3) is 1.82. The van der Waals surface area contributed by atoms with E-state index in [0.717, 1.165) is 18.9 Å². The Bertz CT molecular complexity index is 374. The number of nitrogens with zero attached hydrogens (tertiary/aromatic N) is 3. The number of ether oxygens (including phenoxy) is 1. The zero-order valence-corrected chi connectivity index (χ0v) is 9.97. The molecule has 2 N–H and O–H groups in total. The molecule has 0 amide bonds. The van der Waals surface area contributed by atoms with Crippen LogP contribution in [0.1, 0.15) is 13.8 Å². The van der Waals surface area contributed by atoms with E-state index in [1.165, 1.54) is 6.33 Å². The molecule has 88 valence electrons. The van der Waals surface area contributed by atoms with Gasteiger partial charge in [-0.2, -0.15) is 0 Å². The van der Waals surface area contributed by atoms with Crippen LogP contribution < -0.4 is 15.4 Å². The summed E-state index contributed by atoms with van der Waals surface area (Å²) in [5.41, 5.74) is 6.14. The quantitative estimate of drug-likeness (QED) is 0.814. The van der Waals surface area contributed by atoms with Gasteiger partial charge in [0.15, 0.2) is 0 Å². The van der Waals surface area contributed by atoms with Crippen LogP contribution in [-0.2, 0) is 0 Å². The zero-order valence-electron chi connectivity index (χ0n) is 9.97. The predicted molar refractivity (Wildman–Crippen MR) is 62.6 cm³/mol. The van der Waals surface area contributed by atoms with Gasteiger partial charge in [0.05, 0.1) is 12.6 Å². The van der Waals surface area contributed by atoms with E-state index in [9.17, 15) is 0 Å². The van der Waals surface area contributed by atoms with Gasteiger partial charge in [-0.25, -0.2) is 9.97 Å². The summed E-state index contributed by atoms with van der Waals surface area (Å²) >= 11 is 0. The summed E-state index contributed by atoms with van der Waals surface area (Å²) in [6, 6.07) is 1.83. The topological polar surface area (TPSA) is 64.3 Å². The second kappa shape index (κ2) is 3.90. The number of nitrogens with two attached hydrogens (primary N) is 1. The molecule has 0 unspecified atom stereocenters. The lowest BCUT2D eigenvalue weighted by Gasteiger charge is -2.50. The molecule has 2 heterocycles. The van der Waals surface area contributed by atoms with Gasteiger partial charge in [-0.15, -0.1) is 0 Å². The van der Waals surface area contributed by atoms with Gasteiger partial charge in [0.2, 0.25) is 5.88 Å². The van der Waals surface area contributed by atoms with Crippen molar-refractivity contribution in [3.05, 3.63) is 12.4 Å². The highest BCUT2D eigenvalue weighted by molar-refractivity contribution is 5.46. The molecule has 5 nitrogen and oxygen atoms in total. The smallest absolute Gasteiger partial charge is 0.218 e. The van der Waals surface area contributed by atoms with Gasteiger partial charge in [-0.05, 0) is 5.92 Å². The van der Waals surface area contributed by atoms with Gasteiger partial charge >= 0.3 is 0 Å². The van der Waals surface area contributed by atoms with Gasteiger partial charge in [0.1, 0.15) is 12.1 Å². The summed E-state index contributed by atoms with van der Waals surface area (Å²) in [5, 5.41) is 0. The SMILES string of the molecule is COc1cc(N2CC(N)(C(C)C)C2)ncn1. The van der Waals surface area contributed by atoms with E-state index >= 15 is 0 Å². The molecule has 0 radical (unpaired) electrons. The van der Waals surface area contributed by atoms with Crippen LogP contribution in [0.3, 0.4) is 0 Å². The fourth-order valence-electron chi connectivity index (χ4n) is 1.81. The van der Waals surface area contributed by atoms with E-state index in [1.807, 2.05) is 6.07 Å². The highest BCUT2D eigenvalue weighted by atomic mass is 16.5. The Balaban J connectivity index is 2.06. The van der Waals surface area contributed by atoms with Crippen LogP contribution in [0.25, 0.3) is 0 Å². The number of rotatable bonds is 3. The average Bonchev–Trinajstić information content (AvgIpc) is 2.24. The summed E-state index contributed by atoms with van der Waals surface area (Å²) in [5.74, 6) is 1.95. The van der Waals surface area contributed by atoms with Gasteiger partial charge in [-0.1, -0.05) is 13.8 Å². The molecule has 0 aliphatic carbocycles. The van der Waals surface area contributed by atoms with Crippen molar-refractivity contribution in [3.63, 3.8) is 0 Å². The van der Waals surface area contributed by atoms with Crippen molar-refractivity contribution in [3.8, 4) is 5.88 Å². The molecular weight excluding hydrogens is 204 g/mol. The molecule has 0 saturated carbocycles. The van der Waals surface area contributed by atoms with Crippen molar-refractivity contribution in [2.75, 3.05) is 25.1 Å². The van der Waals surface area contributed by atoms with Crippen molar-refractivity contribution < 1.29 is 4.74 Å². The van der Waals surface area contributed by atoms with Crippen LogP contribution >= 0.6 is 0 Å². The third-order valence-electron chi connectivity index (χ3n) is 3.28. The average molecular weight is 222 g/mol. The second-order valence-electron chi connectivity index (χ2n) is 4.66. The Hall–Kier alpha value is -1.36. The van der Waals surface area contributed by atoms with E-state index in [2.05, 4.69) is 28.7 Å². The molecule has 1 aromatic rings. The molecule has 0 atom stereocenters. The molecule has 5 heteroatoms. The fourth-order valence-corrected chi connectivity index (χ4v) is 1.81. The van der Waals surface area contributed by atoms with E-state index in [4.69, 9.17) is 10.5 Å². The zero-order chi connectivity index (χ0) is 11.8. The minimum atomic E-state index is -0.0851. The molecule has 1 aromatic heterocycles. The minimum absolute atomic E-state index is 0.0851. The predicted octanol–water partition coefficient (Wildman–Crippen LogP) is 0.659. The molecular formula is C11H18N4O. The van der Waals surface area contributed by atoms with Gasteiger partial charge in [0.25, 0.3) is 0 Å². The molecule has 1 aliphatic rings. The van der Waals surface area contributed by atoms with Crippen molar-refractivity contribution in [2.24, 2.45) is 11.7 Å². The van der Waals surface area contributed by atoms with Crippen LogP contribution in [0.5, 0.6) is 5.88 Å². The Morgan fingerprint density at radius 1 is 1.44 bits per heavy atom. The number of methoxy groups -OCH3 is 1. The van der Waals surface area contributed by atoms with Gasteiger partial charge in [-0.3, -0.25) is 0 Å². The lowest BCUT2D eigenvalue weighted by atomic mass is 9.80. The monoisotopic (exact) mass is 222 g/mol. The maximum absolute atomic E-state index is 6.23. The Labute approximate surface area is 95.6 Å². The molecule has 16 heavy (non-hydrogen) atoms. The highest BCUT2D eigenvalue weighted by Crippen LogP contribution is 2.30. The molecule has 1 aliphatic heterocycles. The number of aromatic nitrogens is 2. The molecule has 0 bridgehead atoms. The van der Waals surface area contributed by atoms with Crippen LogP contribution in [0, 0.1) is 5.92 Å². The Kier molecular flexibility index (Phi) is 2.71. The summed E-state index contributed by atoms with van der Waals surface area (Å²) in [6.07, 6.45) is 1.51. The summed E-state index contributed by atoms with van der Waals surface area (Å²) in [7, 11) is 1.60. The lowest BCUT2D eigenvalue weighted by molar-refractivity contribution is 0.243. The molecule has 1 fully saturated rings. The summed E-state index contributed by atoms with van der Waals surface area (Å²) in [6.45, 7) is 5.98. The Morgan fingerprint density at radius 3 is 2.69 bits per heavy atom. The lowest BCUT2D eigenvalue weighted by Crippen LogP contribution is -2.70. The minimum Gasteiger partial charge on any atom is -0.481 e. The third-order valence-corrected chi connectivity index (χ3v) is 3.28. The maximum atomic E-state index is 6.23. The molecule has 2 rings (SSSR count). The first kappa shape index (κ1) is 11.1. The fraction of sp³-hybridized carbons (Fsp3) is 0.636. The molecule has 0 spiro atoms. The van der Waals surface area contributed by atoms with Crippen molar-refractivity contribution in [2.45, 2.75) is 19.4 Å². The largest absolute Gasteiger partial charge is 0.481 e.